The molecule has 0 aliphatic heterocycles. The van der Waals surface area contributed by atoms with Gasteiger partial charge in [-0.25, -0.2) is 4.79 Å². The summed E-state index contributed by atoms with van der Waals surface area (Å²) in [4.78, 5) is 36.2. The van der Waals surface area contributed by atoms with Gasteiger partial charge in [0.15, 0.2) is 0 Å². The maximum absolute atomic E-state index is 12.8. The van der Waals surface area contributed by atoms with Crippen molar-refractivity contribution in [2.45, 2.75) is 78.8 Å². The largest absolute Gasteiger partial charge is 0.508 e. The first-order chi connectivity index (χ1) is 17.5. The number of benzene rings is 1. The maximum atomic E-state index is 12.8. The van der Waals surface area contributed by atoms with Crippen molar-refractivity contribution in [3.8, 4) is 5.75 Å². The minimum Gasteiger partial charge on any atom is -0.508 e. The number of aromatic hydroxyl groups is 1. The van der Waals surface area contributed by atoms with E-state index in [2.05, 4.69) is 56.6 Å². The maximum Gasteiger partial charge on any atom is 0.327 e. The molecule has 0 heterocycles. The summed E-state index contributed by atoms with van der Waals surface area (Å²) in [5.41, 5.74) is 4.71. The van der Waals surface area contributed by atoms with E-state index in [1.54, 1.807) is 12.1 Å². The smallest absolute Gasteiger partial charge is 0.327 e. The Kier molecular flexibility index (Phi) is 15.1. The van der Waals surface area contributed by atoms with Gasteiger partial charge in [0, 0.05) is 24.9 Å². The van der Waals surface area contributed by atoms with Gasteiger partial charge in [-0.2, -0.15) is 11.8 Å². The fourth-order valence-electron chi connectivity index (χ4n) is 3.50. The lowest BCUT2D eigenvalue weighted by molar-refractivity contribution is -0.141. The molecule has 8 heteroatoms. The number of rotatable bonds is 16. The number of allylic oxidation sites excluding steroid dienone is 5. The Morgan fingerprint density at radius 2 is 1.46 bits per heavy atom. The summed E-state index contributed by atoms with van der Waals surface area (Å²) in [7, 11) is 0. The number of amides is 2. The fourth-order valence-corrected chi connectivity index (χ4v) is 4.50. The molecule has 0 aromatic heterocycles. The van der Waals surface area contributed by atoms with Gasteiger partial charge in [-0.05, 0) is 71.1 Å². The number of thioether (sulfide) groups is 1. The van der Waals surface area contributed by atoms with E-state index in [0.29, 0.717) is 5.75 Å². The van der Waals surface area contributed by atoms with Crippen LogP contribution in [0.5, 0.6) is 5.75 Å². The zero-order valence-corrected chi connectivity index (χ0v) is 23.5. The van der Waals surface area contributed by atoms with Crippen molar-refractivity contribution in [3.63, 3.8) is 0 Å². The molecule has 0 radical (unpaired) electrons. The molecule has 2 amide bonds. The van der Waals surface area contributed by atoms with Crippen molar-refractivity contribution in [1.82, 2.24) is 10.6 Å². The molecule has 1 rings (SSSR count). The van der Waals surface area contributed by atoms with E-state index < -0.39 is 29.9 Å². The minimum absolute atomic E-state index is 0.0956. The summed E-state index contributed by atoms with van der Waals surface area (Å²) in [6.45, 7) is 9.76. The Morgan fingerprint density at radius 3 is 2.03 bits per heavy atom. The molecular formula is C29H42N2O5S. The zero-order valence-electron chi connectivity index (χ0n) is 22.7. The standard InChI is InChI=1S/C29H42N2O5S/c1-20(2)8-6-9-21(3)10-7-11-22(4)16-17-37-19-27(29(35)36)31-28(34)26(30-23(5)32)18-24-12-14-25(33)15-13-24/h8,10,12-16,26-27,33H,6-7,9,11,17-19H2,1-5H3,(H,30,32)(H,31,34)(H,35,36). The van der Waals surface area contributed by atoms with Crippen molar-refractivity contribution in [2.24, 2.45) is 0 Å². The molecule has 204 valence electrons. The third-order valence-corrected chi connectivity index (χ3v) is 6.61. The molecule has 2 unspecified atom stereocenters. The van der Waals surface area contributed by atoms with Crippen LogP contribution in [-0.2, 0) is 20.8 Å². The van der Waals surface area contributed by atoms with Crippen molar-refractivity contribution in [3.05, 3.63) is 64.8 Å². The van der Waals surface area contributed by atoms with Crippen molar-refractivity contribution >= 4 is 29.5 Å². The molecule has 0 bridgehead atoms. The topological polar surface area (TPSA) is 116 Å². The Morgan fingerprint density at radius 1 is 0.865 bits per heavy atom. The van der Waals surface area contributed by atoms with Crippen LogP contribution in [-0.4, -0.2) is 51.6 Å². The van der Waals surface area contributed by atoms with Crippen LogP contribution in [0.2, 0.25) is 0 Å². The summed E-state index contributed by atoms with van der Waals surface area (Å²) in [5.74, 6) is -1.12. The van der Waals surface area contributed by atoms with Gasteiger partial charge < -0.3 is 20.8 Å². The van der Waals surface area contributed by atoms with E-state index in [-0.39, 0.29) is 17.9 Å². The monoisotopic (exact) mass is 530 g/mol. The van der Waals surface area contributed by atoms with Gasteiger partial charge in [-0.15, -0.1) is 0 Å². The molecule has 4 N–H and O–H groups in total. The first-order valence-corrected chi connectivity index (χ1v) is 13.7. The van der Waals surface area contributed by atoms with E-state index in [4.69, 9.17) is 0 Å². The second-order valence-corrected chi connectivity index (χ2v) is 10.6. The first-order valence-electron chi connectivity index (χ1n) is 12.6. The Balaban J connectivity index is 2.56. The molecule has 1 aromatic carbocycles. The Hall–Kier alpha value is -3.00. The van der Waals surface area contributed by atoms with Crippen molar-refractivity contribution < 1.29 is 24.6 Å². The van der Waals surface area contributed by atoms with Crippen molar-refractivity contribution in [2.75, 3.05) is 11.5 Å². The molecule has 7 nitrogen and oxygen atoms in total. The molecule has 1 aromatic rings. The molecule has 0 fully saturated rings. The summed E-state index contributed by atoms with van der Waals surface area (Å²) in [5, 5.41) is 24.2. The SMILES string of the molecule is CC(=O)NC(Cc1ccc(O)cc1)C(=O)NC(CSCC=C(C)CCC=C(C)CCC=C(C)C)C(=O)O. The van der Waals surface area contributed by atoms with Crippen LogP contribution < -0.4 is 10.6 Å². The first kappa shape index (κ1) is 32.0. The van der Waals surface area contributed by atoms with Crippen LogP contribution in [0.4, 0.5) is 0 Å². The highest BCUT2D eigenvalue weighted by Gasteiger charge is 2.26. The minimum atomic E-state index is -1.12. The number of aliphatic carboxylic acids is 1. The van der Waals surface area contributed by atoms with E-state index in [0.717, 1.165) is 31.2 Å². The number of carbonyl (C=O) groups is 3. The van der Waals surface area contributed by atoms with Gasteiger partial charge in [0.1, 0.15) is 17.8 Å². The molecule has 0 aliphatic rings. The number of carboxylic acid groups (broad SMARTS) is 1. The number of nitrogens with one attached hydrogen (secondary N) is 2. The van der Waals surface area contributed by atoms with E-state index in [1.165, 1.54) is 47.5 Å². The fraction of sp³-hybridized carbons (Fsp3) is 0.483. The lowest BCUT2D eigenvalue weighted by atomic mass is 10.0. The van der Waals surface area contributed by atoms with Gasteiger partial charge >= 0.3 is 5.97 Å². The molecular weight excluding hydrogens is 488 g/mol. The predicted octanol–water partition coefficient (Wildman–Crippen LogP) is 5.16. The second-order valence-electron chi connectivity index (χ2n) is 9.52. The van der Waals surface area contributed by atoms with Crippen LogP contribution in [0.3, 0.4) is 0 Å². The molecule has 0 saturated heterocycles. The highest BCUT2D eigenvalue weighted by molar-refractivity contribution is 7.99. The average molecular weight is 531 g/mol. The van der Waals surface area contributed by atoms with Gasteiger partial charge in [0.25, 0.3) is 0 Å². The normalized spacial score (nSPS) is 13.4. The van der Waals surface area contributed by atoms with Crippen LogP contribution in [0.1, 0.15) is 65.9 Å². The number of hydrogen-bond acceptors (Lipinski definition) is 5. The van der Waals surface area contributed by atoms with Crippen LogP contribution in [0, 0.1) is 0 Å². The lowest BCUT2D eigenvalue weighted by Crippen LogP contribution is -2.52. The second kappa shape index (κ2) is 17.5. The third kappa shape index (κ3) is 15.0. The van der Waals surface area contributed by atoms with E-state index in [1.807, 2.05) is 0 Å². The molecule has 0 aliphatic carbocycles. The van der Waals surface area contributed by atoms with Gasteiger partial charge in [0.2, 0.25) is 11.8 Å². The van der Waals surface area contributed by atoms with Crippen LogP contribution in [0.15, 0.2) is 59.2 Å². The lowest BCUT2D eigenvalue weighted by Gasteiger charge is -2.21. The van der Waals surface area contributed by atoms with Crippen LogP contribution in [0.25, 0.3) is 0 Å². The quantitative estimate of drug-likeness (QED) is 0.173. The zero-order chi connectivity index (χ0) is 27.8. The number of carboxylic acids is 1. The number of carbonyl (C=O) groups excluding carboxylic acids is 2. The Bertz CT molecular complexity index is 979. The average Bonchev–Trinajstić information content (AvgIpc) is 2.81. The molecule has 0 saturated carbocycles. The van der Waals surface area contributed by atoms with Gasteiger partial charge in [0.05, 0.1) is 0 Å². The summed E-state index contributed by atoms with van der Waals surface area (Å²) in [6, 6.07) is 4.29. The van der Waals surface area contributed by atoms with E-state index >= 15 is 0 Å². The highest BCUT2D eigenvalue weighted by atomic mass is 32.2. The highest BCUT2D eigenvalue weighted by Crippen LogP contribution is 2.14. The summed E-state index contributed by atoms with van der Waals surface area (Å²) >= 11 is 1.44. The van der Waals surface area contributed by atoms with Crippen molar-refractivity contribution in [1.29, 1.82) is 0 Å². The number of phenols is 1. The molecule has 37 heavy (non-hydrogen) atoms. The predicted molar refractivity (Wildman–Crippen MR) is 152 cm³/mol. The molecule has 2 atom stereocenters. The summed E-state index contributed by atoms with van der Waals surface area (Å²) in [6.07, 6.45) is 10.9. The van der Waals surface area contributed by atoms with Gasteiger partial charge in [-0.3, -0.25) is 9.59 Å². The summed E-state index contributed by atoms with van der Waals surface area (Å²) < 4.78 is 0. The van der Waals surface area contributed by atoms with E-state index in [9.17, 15) is 24.6 Å². The van der Waals surface area contributed by atoms with Gasteiger partial charge in [-0.1, -0.05) is 47.1 Å². The number of hydrogen-bond donors (Lipinski definition) is 4. The Labute approximate surface area is 225 Å². The number of phenolic OH excluding ortho intramolecular Hbond substituents is 1. The molecule has 0 spiro atoms. The third-order valence-electron chi connectivity index (χ3n) is 5.64. The van der Waals surface area contributed by atoms with Crippen LogP contribution >= 0.6 is 11.8 Å².